The molecule has 13 aromatic rings. The lowest BCUT2D eigenvalue weighted by atomic mass is 9.73. The van der Waals surface area contributed by atoms with Crippen molar-refractivity contribution < 1.29 is 4.42 Å². The fourth-order valence-electron chi connectivity index (χ4n) is 12.4. The zero-order chi connectivity index (χ0) is 44.1. The zero-order valence-electron chi connectivity index (χ0n) is 37.1. The Morgan fingerprint density at radius 2 is 0.925 bits per heavy atom. The van der Waals surface area contributed by atoms with Crippen LogP contribution in [0.5, 0.6) is 0 Å². The predicted molar refractivity (Wildman–Crippen MR) is 280 cm³/mol. The monoisotopic (exact) mass is 857 g/mol. The van der Waals surface area contributed by atoms with Crippen molar-refractivity contribution in [2.75, 3.05) is 0 Å². The molecule has 4 nitrogen and oxygen atoms in total. The molecule has 4 aromatic heterocycles. The van der Waals surface area contributed by atoms with Gasteiger partial charge in [-0.05, 0) is 112 Å². The molecule has 2 aliphatic rings. The van der Waals surface area contributed by atoms with E-state index in [-0.39, 0.29) is 5.41 Å². The van der Waals surface area contributed by atoms with Gasteiger partial charge in [-0.1, -0.05) is 147 Å². The quantitative estimate of drug-likeness (QED) is 0.173. The SMILES string of the molecule is CC1(C)c2cc(-n3c4ccccc4c4ccc5c6ccc7c8ccccc8n(-c8ccccc8)c7c6oc5c43)ccc2C2C=CC(c3ccc4c(c3)c3ccccc3n4-c3ccccc3)=CC21. The van der Waals surface area contributed by atoms with Gasteiger partial charge in [0.25, 0.3) is 0 Å². The molecule has 0 N–H and O–H groups in total. The molecule has 0 saturated heterocycles. The summed E-state index contributed by atoms with van der Waals surface area (Å²) in [6.07, 6.45) is 7.41. The summed E-state index contributed by atoms with van der Waals surface area (Å²) in [5, 5.41) is 9.61. The molecule has 0 bridgehead atoms. The van der Waals surface area contributed by atoms with Crippen molar-refractivity contribution in [3.05, 3.63) is 229 Å². The Bertz CT molecular complexity index is 4300. The molecule has 4 heteroatoms. The largest absolute Gasteiger partial charge is 0.452 e. The first kappa shape index (κ1) is 36.9. The van der Waals surface area contributed by atoms with Gasteiger partial charge >= 0.3 is 0 Å². The number of fused-ring (bicyclic) bond motifs is 17. The molecule has 15 rings (SSSR count). The van der Waals surface area contributed by atoms with Crippen LogP contribution >= 0.6 is 0 Å². The van der Waals surface area contributed by atoms with Crippen LogP contribution < -0.4 is 0 Å². The Morgan fingerprint density at radius 3 is 1.55 bits per heavy atom. The number of hydrogen-bond acceptors (Lipinski definition) is 1. The van der Waals surface area contributed by atoms with Crippen molar-refractivity contribution in [1.82, 2.24) is 13.7 Å². The van der Waals surface area contributed by atoms with E-state index in [1.807, 2.05) is 0 Å². The van der Waals surface area contributed by atoms with E-state index < -0.39 is 0 Å². The van der Waals surface area contributed by atoms with E-state index in [1.165, 1.54) is 82.3 Å². The molecule has 4 heterocycles. The van der Waals surface area contributed by atoms with Gasteiger partial charge in [0.05, 0.1) is 33.1 Å². The first-order valence-electron chi connectivity index (χ1n) is 23.5. The lowest BCUT2D eigenvalue weighted by Gasteiger charge is -2.31. The third kappa shape index (κ3) is 4.97. The van der Waals surface area contributed by atoms with Gasteiger partial charge in [-0.15, -0.1) is 0 Å². The Kier molecular flexibility index (Phi) is 7.37. The molecule has 0 radical (unpaired) electrons. The number of hydrogen-bond donors (Lipinski definition) is 0. The molecule has 2 atom stereocenters. The molecular formula is C63H43N3O. The lowest BCUT2D eigenvalue weighted by Crippen LogP contribution is -2.25. The van der Waals surface area contributed by atoms with Crippen LogP contribution in [0.2, 0.25) is 0 Å². The molecule has 2 aliphatic carbocycles. The molecule has 0 amide bonds. The van der Waals surface area contributed by atoms with Crippen molar-refractivity contribution in [1.29, 1.82) is 0 Å². The van der Waals surface area contributed by atoms with Crippen LogP contribution in [0.25, 0.3) is 110 Å². The van der Waals surface area contributed by atoms with E-state index in [2.05, 4.69) is 240 Å². The number of aromatic nitrogens is 3. The highest BCUT2D eigenvalue weighted by Gasteiger charge is 2.45. The third-order valence-corrected chi connectivity index (χ3v) is 15.5. The summed E-state index contributed by atoms with van der Waals surface area (Å²) in [5.41, 5.74) is 17.5. The Balaban J connectivity index is 0.890. The minimum absolute atomic E-state index is 0.122. The number of rotatable bonds is 4. The van der Waals surface area contributed by atoms with Crippen molar-refractivity contribution >= 4 is 92.9 Å². The van der Waals surface area contributed by atoms with Crippen molar-refractivity contribution in [3.63, 3.8) is 0 Å². The van der Waals surface area contributed by atoms with Gasteiger partial charge in [-0.25, -0.2) is 0 Å². The Labute approximate surface area is 386 Å². The summed E-state index contributed by atoms with van der Waals surface area (Å²) < 4.78 is 14.6. The van der Waals surface area contributed by atoms with Crippen molar-refractivity contribution in [3.8, 4) is 17.1 Å². The van der Waals surface area contributed by atoms with Crippen LogP contribution in [0, 0.1) is 5.92 Å². The molecular weight excluding hydrogens is 815 g/mol. The number of benzene rings is 9. The van der Waals surface area contributed by atoms with Crippen molar-refractivity contribution in [2.24, 2.45) is 5.92 Å². The first-order chi connectivity index (χ1) is 33.0. The second kappa shape index (κ2) is 13.4. The van der Waals surface area contributed by atoms with Gasteiger partial charge in [0.15, 0.2) is 11.2 Å². The maximum Gasteiger partial charge on any atom is 0.160 e. The molecule has 0 spiro atoms. The van der Waals surface area contributed by atoms with Gasteiger partial charge in [0.1, 0.15) is 0 Å². The maximum atomic E-state index is 7.34. The predicted octanol–water partition coefficient (Wildman–Crippen LogP) is 16.5. The number of nitrogens with zero attached hydrogens (tertiary/aromatic N) is 3. The number of para-hydroxylation sites is 5. The van der Waals surface area contributed by atoms with Crippen LogP contribution in [0.3, 0.4) is 0 Å². The van der Waals surface area contributed by atoms with Gasteiger partial charge in [-0.3, -0.25) is 0 Å². The topological polar surface area (TPSA) is 27.9 Å². The summed E-state index contributed by atoms with van der Waals surface area (Å²) in [4.78, 5) is 0. The van der Waals surface area contributed by atoms with Gasteiger partial charge in [-0.2, -0.15) is 0 Å². The number of furan rings is 1. The molecule has 316 valence electrons. The van der Waals surface area contributed by atoms with Crippen LogP contribution in [0.15, 0.2) is 217 Å². The summed E-state index contributed by atoms with van der Waals surface area (Å²) in [6, 6.07) is 71.2. The van der Waals surface area contributed by atoms with E-state index in [1.54, 1.807) is 0 Å². The second-order valence-electron chi connectivity index (χ2n) is 19.3. The Morgan fingerprint density at radius 1 is 0.418 bits per heavy atom. The van der Waals surface area contributed by atoms with E-state index >= 15 is 0 Å². The van der Waals surface area contributed by atoms with Crippen molar-refractivity contribution in [2.45, 2.75) is 25.2 Å². The van der Waals surface area contributed by atoms with E-state index in [4.69, 9.17) is 4.42 Å². The van der Waals surface area contributed by atoms with Gasteiger partial charge in [0, 0.05) is 66.1 Å². The number of allylic oxidation sites excluding steroid dienone is 4. The molecule has 0 saturated carbocycles. The molecule has 9 aromatic carbocycles. The van der Waals surface area contributed by atoms with Crippen LogP contribution in [0.4, 0.5) is 0 Å². The molecule has 0 aliphatic heterocycles. The van der Waals surface area contributed by atoms with E-state index in [0.717, 1.165) is 44.3 Å². The minimum atomic E-state index is -0.122. The van der Waals surface area contributed by atoms with Crippen LogP contribution in [0.1, 0.15) is 36.5 Å². The molecule has 67 heavy (non-hydrogen) atoms. The fraction of sp³-hybridized carbons (Fsp3) is 0.0794. The Hall–Kier alpha value is -8.34. The van der Waals surface area contributed by atoms with Gasteiger partial charge < -0.3 is 18.1 Å². The van der Waals surface area contributed by atoms with Gasteiger partial charge in [0.2, 0.25) is 0 Å². The third-order valence-electron chi connectivity index (χ3n) is 15.5. The molecule has 2 unspecified atom stereocenters. The highest BCUT2D eigenvalue weighted by atomic mass is 16.3. The summed E-state index contributed by atoms with van der Waals surface area (Å²) in [5.74, 6) is 0.601. The van der Waals surface area contributed by atoms with Crippen LogP contribution in [-0.4, -0.2) is 13.7 Å². The second-order valence-corrected chi connectivity index (χ2v) is 19.3. The average molecular weight is 858 g/mol. The molecule has 0 fully saturated rings. The average Bonchev–Trinajstić information content (AvgIpc) is 4.16. The smallest absolute Gasteiger partial charge is 0.160 e. The summed E-state index contributed by atoms with van der Waals surface area (Å²) in [7, 11) is 0. The minimum Gasteiger partial charge on any atom is -0.452 e. The first-order valence-corrected chi connectivity index (χ1v) is 23.5. The fourth-order valence-corrected chi connectivity index (χ4v) is 12.4. The van der Waals surface area contributed by atoms with Crippen LogP contribution in [-0.2, 0) is 5.41 Å². The highest BCUT2D eigenvalue weighted by Crippen LogP contribution is 2.55. The van der Waals surface area contributed by atoms with E-state index in [9.17, 15) is 0 Å². The standard InChI is InChI=1S/C63H43N3O/c1-63(2)53-36-39(38-26-34-58-52(35-38)47-21-11-12-22-55(47)64(58)40-15-5-3-6-16-40)25-28-43(53)44-29-27-42(37-54(44)63)66-57-24-14-10-20-46(57)49-31-33-51-50-32-30-48-45-19-9-13-23-56(45)65(41-17-7-4-8-18-41)59(48)61(50)67-62(51)60(49)66/h3-37,43,53H,1-2H3. The highest BCUT2D eigenvalue weighted by molar-refractivity contribution is 6.26. The van der Waals surface area contributed by atoms with E-state index in [0.29, 0.717) is 11.8 Å². The zero-order valence-corrected chi connectivity index (χ0v) is 37.1. The summed E-state index contributed by atoms with van der Waals surface area (Å²) in [6.45, 7) is 4.90. The normalized spacial score (nSPS) is 16.7. The maximum absolute atomic E-state index is 7.34. The summed E-state index contributed by atoms with van der Waals surface area (Å²) >= 11 is 0. The lowest BCUT2D eigenvalue weighted by molar-refractivity contribution is 0.395.